The van der Waals surface area contributed by atoms with E-state index in [0.717, 1.165) is 25.9 Å². The smallest absolute Gasteiger partial charge is 0.284 e. The molecule has 0 bridgehead atoms. The van der Waals surface area contributed by atoms with Crippen LogP contribution >= 0.6 is 0 Å². The number of aromatic nitrogens is 2. The second-order valence-electron chi connectivity index (χ2n) is 3.72. The molecule has 2 heterocycles. The van der Waals surface area contributed by atoms with Crippen molar-refractivity contribution in [1.29, 1.82) is 0 Å². The Balaban J connectivity index is 1.79. The molecule has 6 heteroatoms. The Morgan fingerprint density at radius 1 is 1.44 bits per heavy atom. The molecule has 3 N–H and O–H groups in total. The van der Waals surface area contributed by atoms with Crippen LogP contribution in [0.4, 0.5) is 0 Å². The molecule has 0 atom stereocenters. The fourth-order valence-electron chi connectivity index (χ4n) is 1.62. The van der Waals surface area contributed by atoms with Gasteiger partial charge in [-0.3, -0.25) is 10.2 Å². The fraction of sp³-hybridized carbons (Fsp3) is 0.500. The Morgan fingerprint density at radius 2 is 2.25 bits per heavy atom. The maximum atomic E-state index is 11.6. The fourth-order valence-corrected chi connectivity index (χ4v) is 1.62. The van der Waals surface area contributed by atoms with Crippen molar-refractivity contribution in [3.8, 4) is 0 Å². The summed E-state index contributed by atoms with van der Waals surface area (Å²) in [7, 11) is 0. The van der Waals surface area contributed by atoms with Crippen molar-refractivity contribution in [3.05, 3.63) is 24.3 Å². The number of nitrogens with one attached hydrogen (secondary N) is 3. The number of hydrogen-bond donors (Lipinski definition) is 3. The molecule has 16 heavy (non-hydrogen) atoms. The van der Waals surface area contributed by atoms with Gasteiger partial charge in [-0.2, -0.15) is 0 Å². The van der Waals surface area contributed by atoms with Crippen LogP contribution in [0.2, 0.25) is 0 Å². The van der Waals surface area contributed by atoms with E-state index in [1.54, 1.807) is 12.3 Å². The summed E-state index contributed by atoms with van der Waals surface area (Å²) in [5.41, 5.74) is 6.05. The molecule has 1 aromatic heterocycles. The van der Waals surface area contributed by atoms with Crippen molar-refractivity contribution in [3.63, 3.8) is 0 Å². The van der Waals surface area contributed by atoms with Gasteiger partial charge >= 0.3 is 0 Å². The average Bonchev–Trinajstić information content (AvgIpc) is 2.38. The maximum Gasteiger partial charge on any atom is 0.284 e. The van der Waals surface area contributed by atoms with Crippen LogP contribution in [-0.2, 0) is 0 Å². The highest BCUT2D eigenvalue weighted by atomic mass is 16.2. The molecule has 0 saturated carbocycles. The lowest BCUT2D eigenvalue weighted by molar-refractivity contribution is 0.0915. The molecule has 0 aliphatic carbocycles. The zero-order valence-corrected chi connectivity index (χ0v) is 8.94. The Kier molecular flexibility index (Phi) is 3.79. The van der Waals surface area contributed by atoms with E-state index in [1.807, 2.05) is 0 Å². The van der Waals surface area contributed by atoms with Gasteiger partial charge in [-0.05, 0) is 32.0 Å². The summed E-state index contributed by atoms with van der Waals surface area (Å²) in [5, 5.41) is 3.26. The summed E-state index contributed by atoms with van der Waals surface area (Å²) in [4.78, 5) is 19.2. The number of carbonyl (C=O) groups excluding carboxylic acids is 1. The topological polar surface area (TPSA) is 78.9 Å². The van der Waals surface area contributed by atoms with E-state index in [0.29, 0.717) is 11.7 Å². The molecule has 6 nitrogen and oxygen atoms in total. The Labute approximate surface area is 93.8 Å². The zero-order valence-electron chi connectivity index (χ0n) is 8.94. The van der Waals surface area contributed by atoms with E-state index in [-0.39, 0.29) is 5.91 Å². The minimum atomic E-state index is -0.221. The first-order valence-electron chi connectivity index (χ1n) is 5.39. The average molecular weight is 221 g/mol. The van der Waals surface area contributed by atoms with Crippen LogP contribution in [0.3, 0.4) is 0 Å². The summed E-state index contributed by atoms with van der Waals surface area (Å²) in [6, 6.07) is 1.92. The molecule has 1 aliphatic rings. The molecular formula is C10H15N5O. The van der Waals surface area contributed by atoms with Crippen LogP contribution in [0.25, 0.3) is 0 Å². The van der Waals surface area contributed by atoms with E-state index in [1.165, 1.54) is 6.33 Å². The van der Waals surface area contributed by atoms with Gasteiger partial charge in [0, 0.05) is 12.2 Å². The normalized spacial score (nSPS) is 17.0. The van der Waals surface area contributed by atoms with Crippen molar-refractivity contribution < 1.29 is 4.79 Å². The van der Waals surface area contributed by atoms with E-state index in [9.17, 15) is 4.79 Å². The van der Waals surface area contributed by atoms with E-state index in [2.05, 4.69) is 26.1 Å². The number of nitrogens with zero attached hydrogens (tertiary/aromatic N) is 2. The van der Waals surface area contributed by atoms with E-state index < -0.39 is 0 Å². The van der Waals surface area contributed by atoms with Gasteiger partial charge in [-0.25, -0.2) is 15.4 Å². The number of amides is 1. The first kappa shape index (κ1) is 11.0. The van der Waals surface area contributed by atoms with E-state index >= 15 is 0 Å². The zero-order chi connectivity index (χ0) is 11.2. The van der Waals surface area contributed by atoms with Gasteiger partial charge in [0.2, 0.25) is 0 Å². The molecule has 0 radical (unpaired) electrons. The third-order valence-electron chi connectivity index (χ3n) is 2.54. The van der Waals surface area contributed by atoms with Crippen molar-refractivity contribution in [2.75, 3.05) is 13.1 Å². The minimum Gasteiger partial charge on any atom is -0.317 e. The molecule has 1 aliphatic heterocycles. The third-order valence-corrected chi connectivity index (χ3v) is 2.54. The van der Waals surface area contributed by atoms with E-state index in [4.69, 9.17) is 0 Å². The van der Waals surface area contributed by atoms with Crippen LogP contribution in [-0.4, -0.2) is 35.0 Å². The highest BCUT2D eigenvalue weighted by Crippen LogP contribution is 2.00. The SMILES string of the molecule is O=C(NNC1CCNCC1)c1ccncn1. The standard InChI is InChI=1S/C10H15N5O/c16-10(9-3-6-12-7-13-9)15-14-8-1-4-11-5-2-8/h3,6-8,11,14H,1-2,4-5H2,(H,15,16). The predicted molar refractivity (Wildman–Crippen MR) is 58.5 cm³/mol. The lowest BCUT2D eigenvalue weighted by Gasteiger charge is -2.23. The van der Waals surface area contributed by atoms with Gasteiger partial charge in [0.05, 0.1) is 0 Å². The van der Waals surface area contributed by atoms with Gasteiger partial charge in [0.25, 0.3) is 5.91 Å². The van der Waals surface area contributed by atoms with Crippen LogP contribution in [0, 0.1) is 0 Å². The Hall–Kier alpha value is -1.53. The first-order valence-corrected chi connectivity index (χ1v) is 5.39. The molecule has 1 aromatic rings. The second-order valence-corrected chi connectivity index (χ2v) is 3.72. The largest absolute Gasteiger partial charge is 0.317 e. The molecule has 0 spiro atoms. The predicted octanol–water partition coefficient (Wildman–Crippen LogP) is -0.537. The van der Waals surface area contributed by atoms with Crippen LogP contribution < -0.4 is 16.2 Å². The summed E-state index contributed by atoms with van der Waals surface area (Å²) in [6.45, 7) is 1.97. The molecule has 1 amide bonds. The highest BCUT2D eigenvalue weighted by Gasteiger charge is 2.13. The van der Waals surface area contributed by atoms with Gasteiger partial charge in [-0.15, -0.1) is 0 Å². The number of piperidine rings is 1. The molecule has 0 aromatic carbocycles. The van der Waals surface area contributed by atoms with Gasteiger partial charge in [0.1, 0.15) is 12.0 Å². The molecule has 1 fully saturated rings. The lowest BCUT2D eigenvalue weighted by atomic mass is 10.1. The lowest BCUT2D eigenvalue weighted by Crippen LogP contribution is -2.48. The molecule has 1 saturated heterocycles. The highest BCUT2D eigenvalue weighted by molar-refractivity contribution is 5.91. The first-order chi connectivity index (χ1) is 7.86. The van der Waals surface area contributed by atoms with Gasteiger partial charge < -0.3 is 5.32 Å². The van der Waals surface area contributed by atoms with Crippen LogP contribution in [0.1, 0.15) is 23.3 Å². The van der Waals surface area contributed by atoms with Crippen molar-refractivity contribution in [2.24, 2.45) is 0 Å². The summed E-state index contributed by atoms with van der Waals surface area (Å²) < 4.78 is 0. The monoisotopic (exact) mass is 221 g/mol. The minimum absolute atomic E-state index is 0.221. The number of hydrazine groups is 1. The molecule has 86 valence electrons. The summed E-state index contributed by atoms with van der Waals surface area (Å²) in [5.74, 6) is -0.221. The quantitative estimate of drug-likeness (QED) is 0.598. The maximum absolute atomic E-state index is 11.6. The van der Waals surface area contributed by atoms with Crippen LogP contribution in [0.15, 0.2) is 18.6 Å². The second kappa shape index (κ2) is 5.53. The Morgan fingerprint density at radius 3 is 2.94 bits per heavy atom. The number of rotatable bonds is 3. The molecule has 2 rings (SSSR count). The molecule has 0 unspecified atom stereocenters. The van der Waals surface area contributed by atoms with Crippen LogP contribution in [0.5, 0.6) is 0 Å². The summed E-state index contributed by atoms with van der Waals surface area (Å²) in [6.07, 6.45) is 4.94. The summed E-state index contributed by atoms with van der Waals surface area (Å²) >= 11 is 0. The van der Waals surface area contributed by atoms with Gasteiger partial charge in [-0.1, -0.05) is 0 Å². The Bertz CT molecular complexity index is 336. The third kappa shape index (κ3) is 2.98. The number of hydrogen-bond acceptors (Lipinski definition) is 5. The van der Waals surface area contributed by atoms with Crippen molar-refractivity contribution in [2.45, 2.75) is 18.9 Å². The molecular weight excluding hydrogens is 206 g/mol. The van der Waals surface area contributed by atoms with Gasteiger partial charge in [0.15, 0.2) is 0 Å². The number of carbonyl (C=O) groups is 1. The van der Waals surface area contributed by atoms with Crippen molar-refractivity contribution in [1.82, 2.24) is 26.1 Å². The van der Waals surface area contributed by atoms with Crippen molar-refractivity contribution >= 4 is 5.91 Å².